The van der Waals surface area contributed by atoms with E-state index < -0.39 is 0 Å². The summed E-state index contributed by atoms with van der Waals surface area (Å²) in [5.41, 5.74) is 16.0. The molecule has 2 aromatic heterocycles. The maximum atomic E-state index is 9.90. The Hall–Kier alpha value is -8.41. The average molecular weight is 794 g/mol. The smallest absolute Gasteiger partial charge is 0.160 e. The van der Waals surface area contributed by atoms with E-state index in [4.69, 9.17) is 9.97 Å². The van der Waals surface area contributed by atoms with Gasteiger partial charge in [-0.1, -0.05) is 188 Å². The van der Waals surface area contributed by atoms with Crippen LogP contribution in [0.3, 0.4) is 0 Å². The predicted molar refractivity (Wildman–Crippen MR) is 257 cm³/mol. The van der Waals surface area contributed by atoms with Gasteiger partial charge in [0.1, 0.15) is 0 Å². The standard InChI is InChI=1S/C57H39N5/c58-55(53(40-22-9-3-10-23-40)56-45-27-14-13-24-43(45)36-48(59-56)38-18-5-1-6-19-38)41-32-34-42(35-33-41)57-60-49(39-20-7-2-8-21-39)37-50(61-57)46-29-17-31-52-54(46)47-28-15-16-30-51(47)62(52)44-25-11-4-12-26-44/h1-37,58-59H/b56-53-,58-55?. The lowest BCUT2D eigenvalue weighted by atomic mass is 9.88. The lowest BCUT2D eigenvalue weighted by Crippen LogP contribution is -2.20. The molecule has 5 nitrogen and oxygen atoms in total. The van der Waals surface area contributed by atoms with Crippen LogP contribution >= 0.6 is 0 Å². The first-order valence-corrected chi connectivity index (χ1v) is 20.8. The van der Waals surface area contributed by atoms with Crippen molar-refractivity contribution in [1.82, 2.24) is 19.9 Å². The molecular formula is C57H39N5. The zero-order chi connectivity index (χ0) is 41.4. The number of para-hydroxylation sites is 2. The van der Waals surface area contributed by atoms with E-state index in [0.29, 0.717) is 11.5 Å². The molecular weight excluding hydrogens is 755 g/mol. The van der Waals surface area contributed by atoms with E-state index in [1.807, 2.05) is 66.7 Å². The van der Waals surface area contributed by atoms with E-state index >= 15 is 0 Å². The third-order valence-electron chi connectivity index (χ3n) is 11.7. The highest BCUT2D eigenvalue weighted by Crippen LogP contribution is 2.40. The Morgan fingerprint density at radius 1 is 0.468 bits per heavy atom. The van der Waals surface area contributed by atoms with Crippen LogP contribution < -0.4 is 5.32 Å². The van der Waals surface area contributed by atoms with Crippen LogP contribution in [0.1, 0.15) is 27.8 Å². The van der Waals surface area contributed by atoms with Crippen molar-refractivity contribution < 1.29 is 0 Å². The number of hydrogen-bond donors (Lipinski definition) is 2. The van der Waals surface area contributed by atoms with Gasteiger partial charge in [-0.3, -0.25) is 5.41 Å². The first-order valence-electron chi connectivity index (χ1n) is 20.8. The number of nitrogens with zero attached hydrogens (tertiary/aromatic N) is 3. The summed E-state index contributed by atoms with van der Waals surface area (Å²) in [7, 11) is 0. The van der Waals surface area contributed by atoms with Gasteiger partial charge in [-0.25, -0.2) is 9.97 Å². The van der Waals surface area contributed by atoms with Gasteiger partial charge in [0.05, 0.1) is 33.8 Å². The molecule has 11 rings (SSSR count). The summed E-state index contributed by atoms with van der Waals surface area (Å²) >= 11 is 0. The van der Waals surface area contributed by atoms with Crippen molar-refractivity contribution in [2.75, 3.05) is 0 Å². The van der Waals surface area contributed by atoms with E-state index in [0.717, 1.165) is 100 Å². The van der Waals surface area contributed by atoms with E-state index in [1.165, 1.54) is 0 Å². The van der Waals surface area contributed by atoms with E-state index in [9.17, 15) is 5.41 Å². The maximum absolute atomic E-state index is 9.90. The first kappa shape index (κ1) is 36.7. The van der Waals surface area contributed by atoms with E-state index in [2.05, 4.69) is 168 Å². The molecule has 1 aliphatic rings. The highest BCUT2D eigenvalue weighted by molar-refractivity contribution is 6.36. The van der Waals surface area contributed by atoms with Crippen molar-refractivity contribution in [2.24, 2.45) is 0 Å². The average Bonchev–Trinajstić information content (AvgIpc) is 3.70. The van der Waals surface area contributed by atoms with Crippen molar-refractivity contribution in [3.63, 3.8) is 0 Å². The Kier molecular flexibility index (Phi) is 9.25. The number of allylic oxidation sites excluding steroid dienone is 1. The van der Waals surface area contributed by atoms with Crippen LogP contribution in [0.25, 0.3) is 84.4 Å². The van der Waals surface area contributed by atoms with Crippen molar-refractivity contribution in [1.29, 1.82) is 5.41 Å². The third-order valence-corrected chi connectivity index (χ3v) is 11.7. The summed E-state index contributed by atoms with van der Waals surface area (Å²) < 4.78 is 2.33. The second-order valence-corrected chi connectivity index (χ2v) is 15.4. The molecule has 5 heteroatoms. The highest BCUT2D eigenvalue weighted by atomic mass is 15.0. The van der Waals surface area contributed by atoms with Gasteiger partial charge in [-0.2, -0.15) is 0 Å². The molecule has 0 radical (unpaired) electrons. The second kappa shape index (κ2) is 15.6. The number of nitrogens with one attached hydrogen (secondary N) is 2. The molecule has 10 aromatic rings. The second-order valence-electron chi connectivity index (χ2n) is 15.4. The monoisotopic (exact) mass is 793 g/mol. The fourth-order valence-electron chi connectivity index (χ4n) is 8.72. The van der Waals surface area contributed by atoms with Crippen LogP contribution in [0.5, 0.6) is 0 Å². The van der Waals surface area contributed by atoms with Gasteiger partial charge < -0.3 is 9.88 Å². The molecule has 0 saturated carbocycles. The molecule has 2 N–H and O–H groups in total. The van der Waals surface area contributed by atoms with Gasteiger partial charge in [0.15, 0.2) is 5.82 Å². The molecule has 8 aromatic carbocycles. The third kappa shape index (κ3) is 6.59. The van der Waals surface area contributed by atoms with Crippen molar-refractivity contribution in [2.45, 2.75) is 0 Å². The van der Waals surface area contributed by atoms with Crippen LogP contribution in [0.4, 0.5) is 0 Å². The largest absolute Gasteiger partial charge is 0.354 e. The Morgan fingerprint density at radius 2 is 1.06 bits per heavy atom. The molecule has 0 spiro atoms. The molecule has 62 heavy (non-hydrogen) atoms. The van der Waals surface area contributed by atoms with Crippen LogP contribution in [0.15, 0.2) is 218 Å². The van der Waals surface area contributed by atoms with Crippen molar-refractivity contribution in [3.8, 4) is 39.6 Å². The zero-order valence-corrected chi connectivity index (χ0v) is 33.7. The maximum Gasteiger partial charge on any atom is 0.160 e. The zero-order valence-electron chi connectivity index (χ0n) is 33.7. The van der Waals surface area contributed by atoms with Crippen LogP contribution in [-0.4, -0.2) is 20.2 Å². The van der Waals surface area contributed by atoms with Gasteiger partial charge in [0.25, 0.3) is 0 Å². The Morgan fingerprint density at radius 3 is 1.82 bits per heavy atom. The van der Waals surface area contributed by atoms with Crippen molar-refractivity contribution in [3.05, 3.63) is 246 Å². The van der Waals surface area contributed by atoms with Crippen LogP contribution in [0, 0.1) is 5.41 Å². The summed E-state index contributed by atoms with van der Waals surface area (Å²) in [6.07, 6.45) is 2.19. The molecule has 3 heterocycles. The summed E-state index contributed by atoms with van der Waals surface area (Å²) in [5, 5.41) is 16.0. The molecule has 0 fully saturated rings. The minimum atomic E-state index is 0.412. The minimum Gasteiger partial charge on any atom is -0.354 e. The Bertz CT molecular complexity index is 3350. The van der Waals surface area contributed by atoms with Gasteiger partial charge >= 0.3 is 0 Å². The molecule has 0 bridgehead atoms. The lowest BCUT2D eigenvalue weighted by molar-refractivity contribution is 1.18. The van der Waals surface area contributed by atoms with Gasteiger partial charge in [-0.05, 0) is 53.1 Å². The topological polar surface area (TPSA) is 66.6 Å². The summed E-state index contributed by atoms with van der Waals surface area (Å²) in [6, 6.07) is 75.2. The fourth-order valence-corrected chi connectivity index (χ4v) is 8.72. The number of hydrogen-bond acceptors (Lipinski definition) is 4. The molecule has 0 aliphatic carbocycles. The molecule has 0 atom stereocenters. The van der Waals surface area contributed by atoms with Crippen LogP contribution in [-0.2, 0) is 0 Å². The quantitative estimate of drug-likeness (QED) is 0.151. The predicted octanol–water partition coefficient (Wildman–Crippen LogP) is 13.6. The highest BCUT2D eigenvalue weighted by Gasteiger charge is 2.24. The van der Waals surface area contributed by atoms with E-state index in [-0.39, 0.29) is 0 Å². The summed E-state index contributed by atoms with van der Waals surface area (Å²) in [6.45, 7) is 0. The van der Waals surface area contributed by atoms with Crippen molar-refractivity contribution >= 4 is 50.6 Å². The number of aromatic nitrogens is 3. The Balaban J connectivity index is 1.04. The fraction of sp³-hybridized carbons (Fsp3) is 0. The lowest BCUT2D eigenvalue weighted by Gasteiger charge is -2.26. The number of fused-ring (bicyclic) bond motifs is 4. The molecule has 292 valence electrons. The normalized spacial score (nSPS) is 13.0. The number of benzene rings is 8. The number of rotatable bonds is 8. The van der Waals surface area contributed by atoms with Gasteiger partial charge in [0.2, 0.25) is 0 Å². The van der Waals surface area contributed by atoms with E-state index in [1.54, 1.807) is 0 Å². The van der Waals surface area contributed by atoms with Crippen LogP contribution in [0.2, 0.25) is 0 Å². The molecule has 0 amide bonds. The first-order chi connectivity index (χ1) is 30.7. The summed E-state index contributed by atoms with van der Waals surface area (Å²) in [4.78, 5) is 10.5. The molecule has 0 saturated heterocycles. The summed E-state index contributed by atoms with van der Waals surface area (Å²) in [5.74, 6) is 0.616. The Labute approximate surface area is 360 Å². The molecule has 1 aliphatic heterocycles. The van der Waals surface area contributed by atoms with Gasteiger partial charge in [0, 0.05) is 55.5 Å². The SMILES string of the molecule is N=C(/C(=C1\NC(c2ccccc2)=Cc2ccccc21)c1ccccc1)c1ccc(-c2nc(-c3ccccc3)cc(-c3cccc4c3c3ccccc3n4-c3ccccc3)n2)cc1. The molecule has 0 unspecified atom stereocenters. The van der Waals surface area contributed by atoms with Gasteiger partial charge in [-0.15, -0.1) is 0 Å². The minimum absolute atomic E-state index is 0.412.